The zero-order chi connectivity index (χ0) is 18.0. The summed E-state index contributed by atoms with van der Waals surface area (Å²) in [5.74, 6) is -0.753. The van der Waals surface area contributed by atoms with Crippen molar-refractivity contribution < 1.29 is 27.5 Å². The Morgan fingerprint density at radius 2 is 1.78 bits per heavy atom. The third-order valence-electron chi connectivity index (χ3n) is 2.70. The van der Waals surface area contributed by atoms with E-state index in [1.807, 2.05) is 0 Å². The molecule has 0 spiro atoms. The molecule has 9 heteroatoms. The van der Waals surface area contributed by atoms with Gasteiger partial charge in [-0.15, -0.1) is 0 Å². The Morgan fingerprint density at radius 1 is 1.22 bits per heavy atom. The van der Waals surface area contributed by atoms with Crippen LogP contribution in [-0.2, 0) is 18.5 Å². The number of amides is 1. The molecule has 0 radical (unpaired) electrons. The van der Waals surface area contributed by atoms with E-state index in [4.69, 9.17) is 15.4 Å². The molecule has 128 valence electrons. The lowest BCUT2D eigenvalue weighted by Gasteiger charge is -2.20. The third kappa shape index (κ3) is 5.40. The average Bonchev–Trinajstić information content (AvgIpc) is 2.36. The molecule has 0 unspecified atom stereocenters. The summed E-state index contributed by atoms with van der Waals surface area (Å²) in [5, 5.41) is 2.41. The quantitative estimate of drug-likeness (QED) is 0.654. The molecule has 0 heterocycles. The van der Waals surface area contributed by atoms with E-state index in [2.05, 4.69) is 10.1 Å². The van der Waals surface area contributed by atoms with Crippen LogP contribution in [0.4, 0.5) is 10.5 Å². The molecular formula is C14H18ClNO6S. The summed E-state index contributed by atoms with van der Waals surface area (Å²) in [7, 11) is 2.37. The SMILES string of the molecule is COC(=O)c1cc(S(=O)(=O)Cl)cc(NC(=O)OC(C)(C)C)c1C. The van der Waals surface area contributed by atoms with Crippen LogP contribution in [0.2, 0.25) is 0 Å². The first-order valence-electron chi connectivity index (χ1n) is 6.53. The molecule has 0 saturated carbocycles. The number of rotatable bonds is 3. The van der Waals surface area contributed by atoms with Crippen molar-refractivity contribution >= 4 is 37.5 Å². The molecule has 23 heavy (non-hydrogen) atoms. The van der Waals surface area contributed by atoms with Crippen LogP contribution < -0.4 is 5.32 Å². The molecular weight excluding hydrogens is 346 g/mol. The maximum Gasteiger partial charge on any atom is 0.412 e. The molecule has 0 aliphatic heterocycles. The predicted octanol–water partition coefficient (Wildman–Crippen LogP) is 3.06. The number of hydrogen-bond acceptors (Lipinski definition) is 6. The predicted molar refractivity (Wildman–Crippen MR) is 85.4 cm³/mol. The summed E-state index contributed by atoms with van der Waals surface area (Å²) >= 11 is 0. The topological polar surface area (TPSA) is 98.8 Å². The molecule has 0 atom stereocenters. The normalized spacial score (nSPS) is 11.7. The van der Waals surface area contributed by atoms with Gasteiger partial charge in [0, 0.05) is 16.4 Å². The first kappa shape index (κ1) is 19.2. The van der Waals surface area contributed by atoms with Gasteiger partial charge in [-0.25, -0.2) is 18.0 Å². The largest absolute Gasteiger partial charge is 0.465 e. The summed E-state index contributed by atoms with van der Waals surface area (Å²) in [6.45, 7) is 6.57. The van der Waals surface area contributed by atoms with Gasteiger partial charge in [-0.3, -0.25) is 5.32 Å². The molecule has 7 nitrogen and oxygen atoms in total. The van der Waals surface area contributed by atoms with Crippen molar-refractivity contribution in [3.8, 4) is 0 Å². The zero-order valence-electron chi connectivity index (χ0n) is 13.4. The molecule has 1 aromatic rings. The Balaban J connectivity index is 3.36. The van der Waals surface area contributed by atoms with E-state index in [1.54, 1.807) is 20.8 Å². The molecule has 0 aliphatic carbocycles. The van der Waals surface area contributed by atoms with Gasteiger partial charge >= 0.3 is 12.1 Å². The fourth-order valence-electron chi connectivity index (χ4n) is 1.69. The van der Waals surface area contributed by atoms with Gasteiger partial charge in [0.05, 0.1) is 17.6 Å². The smallest absolute Gasteiger partial charge is 0.412 e. The summed E-state index contributed by atoms with van der Waals surface area (Å²) in [6, 6.07) is 2.23. The number of halogens is 1. The van der Waals surface area contributed by atoms with Crippen molar-refractivity contribution in [3.63, 3.8) is 0 Å². The highest BCUT2D eigenvalue weighted by Gasteiger charge is 2.22. The van der Waals surface area contributed by atoms with Crippen LogP contribution in [0.15, 0.2) is 17.0 Å². The number of carbonyl (C=O) groups is 2. The van der Waals surface area contributed by atoms with Gasteiger partial charge in [0.2, 0.25) is 0 Å². The van der Waals surface area contributed by atoms with Crippen molar-refractivity contribution in [1.82, 2.24) is 0 Å². The molecule has 1 amide bonds. The molecule has 0 saturated heterocycles. The molecule has 1 aromatic carbocycles. The van der Waals surface area contributed by atoms with Crippen molar-refractivity contribution in [3.05, 3.63) is 23.3 Å². The molecule has 0 bridgehead atoms. The first-order valence-corrected chi connectivity index (χ1v) is 8.83. The van der Waals surface area contributed by atoms with E-state index < -0.39 is 26.7 Å². The second-order valence-corrected chi connectivity index (χ2v) is 8.27. The van der Waals surface area contributed by atoms with E-state index in [9.17, 15) is 18.0 Å². The molecule has 1 rings (SSSR count). The average molecular weight is 364 g/mol. The summed E-state index contributed by atoms with van der Waals surface area (Å²) in [5.41, 5.74) is -0.354. The second kappa shape index (κ2) is 6.76. The summed E-state index contributed by atoms with van der Waals surface area (Å²) in [6.07, 6.45) is -0.791. The van der Waals surface area contributed by atoms with Crippen molar-refractivity contribution in [1.29, 1.82) is 0 Å². The van der Waals surface area contributed by atoms with Crippen LogP contribution in [0.1, 0.15) is 36.7 Å². The van der Waals surface area contributed by atoms with Crippen molar-refractivity contribution in [2.75, 3.05) is 12.4 Å². The number of esters is 1. The van der Waals surface area contributed by atoms with E-state index in [0.29, 0.717) is 5.56 Å². The van der Waals surface area contributed by atoms with Crippen LogP contribution in [0.25, 0.3) is 0 Å². The molecule has 0 aromatic heterocycles. The van der Waals surface area contributed by atoms with E-state index in [0.717, 1.165) is 19.2 Å². The van der Waals surface area contributed by atoms with Crippen LogP contribution in [-0.4, -0.2) is 33.2 Å². The lowest BCUT2D eigenvalue weighted by atomic mass is 10.1. The Bertz CT molecular complexity index is 736. The maximum absolute atomic E-state index is 11.9. The Kier molecular flexibility index (Phi) is 5.65. The van der Waals surface area contributed by atoms with E-state index >= 15 is 0 Å². The molecule has 0 aliphatic rings. The van der Waals surface area contributed by atoms with Gasteiger partial charge in [0.15, 0.2) is 0 Å². The second-order valence-electron chi connectivity index (χ2n) is 5.70. The number of ether oxygens (including phenoxy) is 2. The number of anilines is 1. The number of carbonyl (C=O) groups excluding carboxylic acids is 2. The van der Waals surface area contributed by atoms with Crippen LogP contribution in [0, 0.1) is 6.92 Å². The third-order valence-corrected chi connectivity index (χ3v) is 4.04. The molecule has 1 N–H and O–H groups in total. The highest BCUT2D eigenvalue weighted by atomic mass is 35.7. The fourth-order valence-corrected chi connectivity index (χ4v) is 2.48. The Labute approximate surface area is 139 Å². The summed E-state index contributed by atoms with van der Waals surface area (Å²) in [4.78, 5) is 23.3. The summed E-state index contributed by atoms with van der Waals surface area (Å²) < 4.78 is 32.8. The van der Waals surface area contributed by atoms with E-state index in [-0.39, 0.29) is 16.1 Å². The maximum atomic E-state index is 11.9. The first-order chi connectivity index (χ1) is 10.3. The lowest BCUT2D eigenvalue weighted by molar-refractivity contribution is 0.0595. The zero-order valence-corrected chi connectivity index (χ0v) is 15.0. The number of benzene rings is 1. The van der Waals surface area contributed by atoms with Crippen molar-refractivity contribution in [2.24, 2.45) is 0 Å². The monoisotopic (exact) mass is 363 g/mol. The fraction of sp³-hybridized carbons (Fsp3) is 0.429. The number of hydrogen-bond donors (Lipinski definition) is 1. The molecule has 0 fully saturated rings. The highest BCUT2D eigenvalue weighted by molar-refractivity contribution is 8.13. The standard InChI is InChI=1S/C14H18ClNO6S/c1-8-10(12(17)21-5)6-9(23(15,19)20)7-11(8)16-13(18)22-14(2,3)4/h6-7H,1-5H3,(H,16,18). The van der Waals surface area contributed by atoms with Gasteiger partial charge in [0.1, 0.15) is 5.60 Å². The van der Waals surface area contributed by atoms with Gasteiger partial charge in [-0.2, -0.15) is 0 Å². The minimum atomic E-state index is -4.10. The number of methoxy groups -OCH3 is 1. The van der Waals surface area contributed by atoms with Crippen LogP contribution >= 0.6 is 10.7 Å². The Hall–Kier alpha value is -1.80. The van der Waals surface area contributed by atoms with Crippen LogP contribution in [0.5, 0.6) is 0 Å². The van der Waals surface area contributed by atoms with Gasteiger partial charge in [-0.05, 0) is 45.4 Å². The van der Waals surface area contributed by atoms with Crippen LogP contribution in [0.3, 0.4) is 0 Å². The lowest BCUT2D eigenvalue weighted by Crippen LogP contribution is -2.27. The Morgan fingerprint density at radius 3 is 2.22 bits per heavy atom. The van der Waals surface area contributed by atoms with Gasteiger partial charge < -0.3 is 9.47 Å². The van der Waals surface area contributed by atoms with E-state index in [1.165, 1.54) is 6.92 Å². The minimum absolute atomic E-state index is 0.0275. The number of nitrogens with one attached hydrogen (secondary N) is 1. The minimum Gasteiger partial charge on any atom is -0.465 e. The van der Waals surface area contributed by atoms with Crippen molar-refractivity contribution in [2.45, 2.75) is 38.2 Å². The van der Waals surface area contributed by atoms with Gasteiger partial charge in [-0.1, -0.05) is 0 Å². The highest BCUT2D eigenvalue weighted by Crippen LogP contribution is 2.27. The van der Waals surface area contributed by atoms with Gasteiger partial charge in [0.25, 0.3) is 9.05 Å².